The molecular formula is C14H19F2NO. The Kier molecular flexibility index (Phi) is 3.97. The first-order chi connectivity index (χ1) is 8.58. The van der Waals surface area contributed by atoms with Gasteiger partial charge in [-0.2, -0.15) is 0 Å². The lowest BCUT2D eigenvalue weighted by atomic mass is 9.77. The fourth-order valence-corrected chi connectivity index (χ4v) is 2.69. The summed E-state index contributed by atoms with van der Waals surface area (Å²) in [6.07, 6.45) is 4.49. The zero-order valence-corrected chi connectivity index (χ0v) is 10.6. The molecule has 1 saturated carbocycles. The average molecular weight is 255 g/mol. The molecule has 0 amide bonds. The Bertz CT molecular complexity index is 428. The fourth-order valence-electron chi connectivity index (χ4n) is 2.69. The maximum absolute atomic E-state index is 14.1. The van der Waals surface area contributed by atoms with E-state index < -0.39 is 17.2 Å². The molecule has 1 aromatic rings. The van der Waals surface area contributed by atoms with E-state index in [-0.39, 0.29) is 12.2 Å². The summed E-state index contributed by atoms with van der Waals surface area (Å²) in [5, 5.41) is 0. The van der Waals surface area contributed by atoms with Gasteiger partial charge in [-0.1, -0.05) is 31.4 Å². The molecule has 1 aromatic carbocycles. The molecule has 100 valence electrons. The summed E-state index contributed by atoms with van der Waals surface area (Å²) in [6, 6.07) is 3.18. The average Bonchev–Trinajstić information content (AvgIpc) is 2.36. The quantitative estimate of drug-likeness (QED) is 0.900. The van der Waals surface area contributed by atoms with Crippen molar-refractivity contribution in [3.8, 4) is 0 Å². The molecule has 4 heteroatoms. The highest BCUT2D eigenvalue weighted by Crippen LogP contribution is 2.37. The van der Waals surface area contributed by atoms with E-state index in [0.29, 0.717) is 18.4 Å². The van der Waals surface area contributed by atoms with Gasteiger partial charge in [0.05, 0.1) is 6.61 Å². The zero-order chi connectivity index (χ0) is 13.2. The maximum atomic E-state index is 14.1. The Balaban J connectivity index is 2.36. The van der Waals surface area contributed by atoms with Crippen LogP contribution in [-0.4, -0.2) is 7.11 Å². The summed E-state index contributed by atoms with van der Waals surface area (Å²) in [5.74, 6) is -1.64. The van der Waals surface area contributed by atoms with Gasteiger partial charge in [0, 0.05) is 23.8 Å². The van der Waals surface area contributed by atoms with Crippen molar-refractivity contribution in [2.75, 3.05) is 7.11 Å². The summed E-state index contributed by atoms with van der Waals surface area (Å²) in [5.41, 5.74) is 6.06. The first-order valence-electron chi connectivity index (χ1n) is 6.33. The molecule has 1 fully saturated rings. The first-order valence-corrected chi connectivity index (χ1v) is 6.33. The third kappa shape index (κ3) is 2.40. The minimum atomic E-state index is -0.829. The van der Waals surface area contributed by atoms with E-state index in [2.05, 4.69) is 0 Å². The molecule has 0 unspecified atom stereocenters. The highest BCUT2D eigenvalue weighted by Gasteiger charge is 2.33. The topological polar surface area (TPSA) is 35.2 Å². The first kappa shape index (κ1) is 13.4. The number of halogens is 2. The van der Waals surface area contributed by atoms with E-state index in [1.807, 2.05) is 0 Å². The molecule has 2 N–H and O–H groups in total. The Morgan fingerprint density at radius 1 is 1.17 bits per heavy atom. The molecule has 0 saturated heterocycles. The van der Waals surface area contributed by atoms with Crippen LogP contribution in [0, 0.1) is 11.6 Å². The van der Waals surface area contributed by atoms with Crippen molar-refractivity contribution in [3.63, 3.8) is 0 Å². The van der Waals surface area contributed by atoms with Crippen LogP contribution >= 0.6 is 0 Å². The predicted molar refractivity (Wildman–Crippen MR) is 66.0 cm³/mol. The van der Waals surface area contributed by atoms with Gasteiger partial charge >= 0.3 is 0 Å². The van der Waals surface area contributed by atoms with Gasteiger partial charge in [-0.3, -0.25) is 0 Å². The fraction of sp³-hybridized carbons (Fsp3) is 0.571. The Morgan fingerprint density at radius 3 is 2.44 bits per heavy atom. The molecule has 18 heavy (non-hydrogen) atoms. The van der Waals surface area contributed by atoms with Crippen LogP contribution in [0.2, 0.25) is 0 Å². The Hall–Kier alpha value is -1.00. The van der Waals surface area contributed by atoms with Gasteiger partial charge in [-0.25, -0.2) is 8.78 Å². The number of rotatable bonds is 3. The van der Waals surface area contributed by atoms with Crippen LogP contribution in [0.15, 0.2) is 12.1 Å². The summed E-state index contributed by atoms with van der Waals surface area (Å²) < 4.78 is 32.8. The lowest BCUT2D eigenvalue weighted by molar-refractivity contribution is 0.180. The van der Waals surface area contributed by atoms with Crippen molar-refractivity contribution in [1.82, 2.24) is 0 Å². The molecule has 0 spiro atoms. The van der Waals surface area contributed by atoms with Crippen LogP contribution in [0.1, 0.15) is 43.2 Å². The van der Waals surface area contributed by atoms with E-state index in [9.17, 15) is 8.78 Å². The number of nitrogens with two attached hydrogens (primary N) is 1. The van der Waals surface area contributed by atoms with Crippen LogP contribution in [0.4, 0.5) is 8.78 Å². The summed E-state index contributed by atoms with van der Waals surface area (Å²) in [7, 11) is 1.46. The van der Waals surface area contributed by atoms with Gasteiger partial charge in [-0.15, -0.1) is 0 Å². The molecule has 1 aliphatic rings. The monoisotopic (exact) mass is 255 g/mol. The summed E-state index contributed by atoms with van der Waals surface area (Å²) >= 11 is 0. The van der Waals surface area contributed by atoms with Crippen LogP contribution in [-0.2, 0) is 16.9 Å². The number of hydrogen-bond acceptors (Lipinski definition) is 2. The lowest BCUT2D eigenvalue weighted by Gasteiger charge is -2.34. The molecule has 0 radical (unpaired) electrons. The van der Waals surface area contributed by atoms with E-state index in [4.69, 9.17) is 10.5 Å². The summed E-state index contributed by atoms with van der Waals surface area (Å²) in [4.78, 5) is 0. The minimum absolute atomic E-state index is 0.0700. The van der Waals surface area contributed by atoms with Crippen molar-refractivity contribution in [2.24, 2.45) is 5.73 Å². The predicted octanol–water partition coefficient (Wildman–Crippen LogP) is 3.23. The number of methoxy groups -OCH3 is 1. The molecule has 0 aliphatic heterocycles. The van der Waals surface area contributed by atoms with Gasteiger partial charge in [0.15, 0.2) is 11.6 Å². The van der Waals surface area contributed by atoms with Gasteiger partial charge in [0.2, 0.25) is 0 Å². The molecule has 0 aromatic heterocycles. The largest absolute Gasteiger partial charge is 0.380 e. The normalized spacial score (nSPS) is 18.9. The van der Waals surface area contributed by atoms with Gasteiger partial charge in [0.1, 0.15) is 0 Å². The number of ether oxygens (including phenoxy) is 1. The summed E-state index contributed by atoms with van der Waals surface area (Å²) in [6.45, 7) is 0.0700. The maximum Gasteiger partial charge on any atom is 0.164 e. The van der Waals surface area contributed by atoms with Crippen molar-refractivity contribution in [2.45, 2.75) is 44.2 Å². The van der Waals surface area contributed by atoms with Gasteiger partial charge in [0.25, 0.3) is 0 Å². The van der Waals surface area contributed by atoms with Crippen LogP contribution in [0.25, 0.3) is 0 Å². The van der Waals surface area contributed by atoms with E-state index in [1.165, 1.54) is 7.11 Å². The molecule has 0 bridgehead atoms. The van der Waals surface area contributed by atoms with E-state index in [1.54, 1.807) is 12.1 Å². The zero-order valence-electron chi connectivity index (χ0n) is 10.6. The SMILES string of the molecule is COCc1ccc(C2(N)CCCCC2)c(F)c1F. The minimum Gasteiger partial charge on any atom is -0.380 e. The molecule has 2 nitrogen and oxygen atoms in total. The van der Waals surface area contributed by atoms with Crippen molar-refractivity contribution >= 4 is 0 Å². The number of hydrogen-bond donors (Lipinski definition) is 1. The van der Waals surface area contributed by atoms with Crippen molar-refractivity contribution in [3.05, 3.63) is 34.9 Å². The van der Waals surface area contributed by atoms with Gasteiger partial charge in [-0.05, 0) is 12.8 Å². The van der Waals surface area contributed by atoms with Crippen LogP contribution in [0.5, 0.6) is 0 Å². The van der Waals surface area contributed by atoms with E-state index in [0.717, 1.165) is 19.3 Å². The molecule has 0 heterocycles. The highest BCUT2D eigenvalue weighted by atomic mass is 19.2. The third-order valence-electron chi connectivity index (χ3n) is 3.74. The van der Waals surface area contributed by atoms with Crippen LogP contribution in [0.3, 0.4) is 0 Å². The van der Waals surface area contributed by atoms with Crippen LogP contribution < -0.4 is 5.73 Å². The Labute approximate surface area is 106 Å². The lowest BCUT2D eigenvalue weighted by Crippen LogP contribution is -2.39. The second-order valence-corrected chi connectivity index (χ2v) is 5.05. The molecule has 2 rings (SSSR count). The highest BCUT2D eigenvalue weighted by molar-refractivity contribution is 5.31. The standard InChI is InChI=1S/C14H19F2NO/c1-18-9-10-5-6-11(13(16)12(10)15)14(17)7-3-2-4-8-14/h5-6H,2-4,7-9,17H2,1H3. The third-order valence-corrected chi connectivity index (χ3v) is 3.74. The number of benzene rings is 1. The smallest absolute Gasteiger partial charge is 0.164 e. The Morgan fingerprint density at radius 2 is 1.83 bits per heavy atom. The van der Waals surface area contributed by atoms with Crippen molar-refractivity contribution in [1.29, 1.82) is 0 Å². The second kappa shape index (κ2) is 5.33. The molecular weight excluding hydrogens is 236 g/mol. The second-order valence-electron chi connectivity index (χ2n) is 5.05. The molecule has 0 atom stereocenters. The van der Waals surface area contributed by atoms with Crippen molar-refractivity contribution < 1.29 is 13.5 Å². The van der Waals surface area contributed by atoms with E-state index >= 15 is 0 Å². The van der Waals surface area contributed by atoms with Gasteiger partial charge < -0.3 is 10.5 Å². The molecule has 1 aliphatic carbocycles.